The van der Waals surface area contributed by atoms with Gasteiger partial charge < -0.3 is 13.8 Å². The fraction of sp³-hybridized carbons (Fsp3) is 0.611. The molecule has 2 atom stereocenters. The van der Waals surface area contributed by atoms with Crippen LogP contribution in [-0.2, 0) is 11.3 Å². The topological polar surface area (TPSA) is 75.6 Å². The molecular weight excluding hydrogens is 320 g/mol. The summed E-state index contributed by atoms with van der Waals surface area (Å²) in [7, 11) is 0. The van der Waals surface area contributed by atoms with Crippen LogP contribution in [0.2, 0.25) is 0 Å². The number of rotatable bonds is 5. The number of hydrogen-bond donors (Lipinski definition) is 0. The highest BCUT2D eigenvalue weighted by molar-refractivity contribution is 5.76. The normalized spacial score (nSPS) is 24.3. The maximum Gasteiger partial charge on any atom is 0.241 e. The lowest BCUT2D eigenvalue weighted by molar-refractivity contribution is -0.132. The van der Waals surface area contributed by atoms with Gasteiger partial charge in [0.25, 0.3) is 0 Å². The molecule has 2 saturated heterocycles. The van der Waals surface area contributed by atoms with Gasteiger partial charge in [0, 0.05) is 25.0 Å². The lowest BCUT2D eigenvalue weighted by atomic mass is 10.0. The number of carbonyl (C=O) groups excluding carboxylic acids is 1. The number of hydrogen-bond acceptors (Lipinski definition) is 6. The Labute approximate surface area is 147 Å². The van der Waals surface area contributed by atoms with Gasteiger partial charge in [-0.15, -0.1) is 0 Å². The number of nitrogens with zero attached hydrogens (tertiary/aromatic N) is 4. The van der Waals surface area contributed by atoms with Gasteiger partial charge >= 0.3 is 0 Å². The van der Waals surface area contributed by atoms with E-state index in [1.165, 1.54) is 0 Å². The smallest absolute Gasteiger partial charge is 0.241 e. The highest BCUT2D eigenvalue weighted by Crippen LogP contribution is 2.31. The second kappa shape index (κ2) is 7.00. The van der Waals surface area contributed by atoms with Crippen LogP contribution in [-0.4, -0.2) is 51.0 Å². The summed E-state index contributed by atoms with van der Waals surface area (Å²) in [5.74, 6) is 1.97. The van der Waals surface area contributed by atoms with E-state index < -0.39 is 0 Å². The first-order valence-corrected chi connectivity index (χ1v) is 9.16. The van der Waals surface area contributed by atoms with Crippen LogP contribution in [0, 0.1) is 0 Å². The Bertz CT molecular complexity index is 712. The molecule has 0 unspecified atom stereocenters. The summed E-state index contributed by atoms with van der Waals surface area (Å²) in [6, 6.07) is 4.33. The Hall–Kier alpha value is -2.15. The van der Waals surface area contributed by atoms with Crippen molar-refractivity contribution in [2.45, 2.75) is 57.7 Å². The van der Waals surface area contributed by atoms with E-state index in [9.17, 15) is 4.79 Å². The van der Waals surface area contributed by atoms with Crippen LogP contribution < -0.4 is 0 Å². The minimum Gasteiger partial charge on any atom is -0.461 e. The molecule has 2 fully saturated rings. The average molecular weight is 344 g/mol. The molecule has 0 radical (unpaired) electrons. The van der Waals surface area contributed by atoms with Crippen molar-refractivity contribution in [2.75, 3.05) is 13.1 Å². The summed E-state index contributed by atoms with van der Waals surface area (Å²) in [5.41, 5.74) is 0. The van der Waals surface area contributed by atoms with Crippen LogP contribution in [0.5, 0.6) is 0 Å². The van der Waals surface area contributed by atoms with Gasteiger partial charge in [0.1, 0.15) is 0 Å². The first-order chi connectivity index (χ1) is 12.3. The van der Waals surface area contributed by atoms with Crippen LogP contribution in [0.4, 0.5) is 0 Å². The van der Waals surface area contributed by atoms with Crippen molar-refractivity contribution in [1.82, 2.24) is 19.9 Å². The fourth-order valence-electron chi connectivity index (χ4n) is 4.19. The first-order valence-electron chi connectivity index (χ1n) is 9.16. The van der Waals surface area contributed by atoms with Crippen molar-refractivity contribution in [1.29, 1.82) is 0 Å². The Kier molecular flexibility index (Phi) is 4.57. The molecular formula is C18H24N4O3. The van der Waals surface area contributed by atoms with E-state index in [1.54, 1.807) is 12.3 Å². The summed E-state index contributed by atoms with van der Waals surface area (Å²) in [4.78, 5) is 21.2. The molecule has 0 aliphatic carbocycles. The van der Waals surface area contributed by atoms with Crippen LogP contribution in [0.15, 0.2) is 27.3 Å². The Morgan fingerprint density at radius 3 is 2.92 bits per heavy atom. The van der Waals surface area contributed by atoms with Gasteiger partial charge in [-0.25, -0.2) is 0 Å². The zero-order valence-corrected chi connectivity index (χ0v) is 14.6. The van der Waals surface area contributed by atoms with Gasteiger partial charge in [-0.3, -0.25) is 9.69 Å². The van der Waals surface area contributed by atoms with Crippen molar-refractivity contribution >= 4 is 5.91 Å². The van der Waals surface area contributed by atoms with Crippen molar-refractivity contribution in [3.63, 3.8) is 0 Å². The second-order valence-corrected chi connectivity index (χ2v) is 6.82. The van der Waals surface area contributed by atoms with E-state index >= 15 is 0 Å². The molecule has 134 valence electrons. The Morgan fingerprint density at radius 1 is 1.28 bits per heavy atom. The predicted molar refractivity (Wildman–Crippen MR) is 90.5 cm³/mol. The SMILES string of the molecule is CCC(=O)N1CCC[C@H]1[C@H]1CCCN1Cc1nc(-c2ccco2)no1. The van der Waals surface area contributed by atoms with Crippen LogP contribution in [0.3, 0.4) is 0 Å². The maximum atomic E-state index is 12.2. The van der Waals surface area contributed by atoms with Crippen molar-refractivity contribution < 1.29 is 13.7 Å². The van der Waals surface area contributed by atoms with Crippen molar-refractivity contribution in [3.8, 4) is 11.6 Å². The molecule has 0 spiro atoms. The van der Waals surface area contributed by atoms with Gasteiger partial charge in [-0.2, -0.15) is 4.98 Å². The van der Waals surface area contributed by atoms with E-state index in [1.807, 2.05) is 13.0 Å². The third kappa shape index (κ3) is 3.20. The predicted octanol–water partition coefficient (Wildman–Crippen LogP) is 2.70. The zero-order chi connectivity index (χ0) is 17.2. The van der Waals surface area contributed by atoms with Gasteiger partial charge in [0.2, 0.25) is 17.6 Å². The standard InChI is InChI=1S/C18H24N4O3/c1-2-17(23)22-10-4-7-14(22)13-6-3-9-21(13)12-16-19-18(20-25-16)15-8-5-11-24-15/h5,8,11,13-14H,2-4,6-7,9-10,12H2,1H3/t13-,14+/m1/s1. The molecule has 0 saturated carbocycles. The van der Waals surface area contributed by atoms with E-state index in [0.717, 1.165) is 38.8 Å². The van der Waals surface area contributed by atoms with Crippen molar-refractivity contribution in [2.24, 2.45) is 0 Å². The quantitative estimate of drug-likeness (QED) is 0.830. The third-order valence-corrected chi connectivity index (χ3v) is 5.33. The largest absolute Gasteiger partial charge is 0.461 e. The average Bonchev–Trinajstić information content (AvgIpc) is 3.38. The molecule has 1 amide bonds. The molecule has 2 aliphatic rings. The van der Waals surface area contributed by atoms with Crippen LogP contribution in [0.1, 0.15) is 44.9 Å². The Morgan fingerprint density at radius 2 is 2.12 bits per heavy atom. The molecule has 0 aromatic carbocycles. The molecule has 25 heavy (non-hydrogen) atoms. The maximum absolute atomic E-state index is 12.2. The third-order valence-electron chi connectivity index (χ3n) is 5.33. The highest BCUT2D eigenvalue weighted by atomic mass is 16.5. The fourth-order valence-corrected chi connectivity index (χ4v) is 4.19. The Balaban J connectivity index is 1.46. The highest BCUT2D eigenvalue weighted by Gasteiger charge is 2.39. The minimum atomic E-state index is 0.271. The summed E-state index contributed by atoms with van der Waals surface area (Å²) in [6.07, 6.45) is 6.64. The number of carbonyl (C=O) groups is 1. The molecule has 4 rings (SSSR count). The number of furan rings is 1. The molecule has 2 aromatic rings. The summed E-state index contributed by atoms with van der Waals surface area (Å²) in [6.45, 7) is 4.47. The lowest BCUT2D eigenvalue weighted by Crippen LogP contribution is -2.47. The van der Waals surface area contributed by atoms with Gasteiger partial charge in [0.05, 0.1) is 12.8 Å². The summed E-state index contributed by atoms with van der Waals surface area (Å²) in [5, 5.41) is 4.01. The van der Waals surface area contributed by atoms with E-state index in [0.29, 0.717) is 42.5 Å². The van der Waals surface area contributed by atoms with E-state index in [-0.39, 0.29) is 5.91 Å². The molecule has 4 heterocycles. The van der Waals surface area contributed by atoms with Crippen LogP contribution in [0.25, 0.3) is 11.6 Å². The summed E-state index contributed by atoms with van der Waals surface area (Å²) < 4.78 is 10.7. The molecule has 2 aromatic heterocycles. The van der Waals surface area contributed by atoms with Gasteiger partial charge in [-0.1, -0.05) is 12.1 Å². The van der Waals surface area contributed by atoms with Gasteiger partial charge in [0.15, 0.2) is 5.76 Å². The lowest BCUT2D eigenvalue weighted by Gasteiger charge is -2.34. The number of amides is 1. The molecule has 7 nitrogen and oxygen atoms in total. The van der Waals surface area contributed by atoms with Crippen LogP contribution >= 0.6 is 0 Å². The first kappa shape index (κ1) is 16.3. The monoisotopic (exact) mass is 344 g/mol. The molecule has 2 aliphatic heterocycles. The van der Waals surface area contributed by atoms with E-state index in [2.05, 4.69) is 19.9 Å². The summed E-state index contributed by atoms with van der Waals surface area (Å²) >= 11 is 0. The second-order valence-electron chi connectivity index (χ2n) is 6.82. The number of aromatic nitrogens is 2. The minimum absolute atomic E-state index is 0.271. The molecule has 0 bridgehead atoms. The molecule has 7 heteroatoms. The zero-order valence-electron chi connectivity index (χ0n) is 14.6. The molecule has 0 N–H and O–H groups in total. The number of likely N-dealkylation sites (tertiary alicyclic amines) is 2. The van der Waals surface area contributed by atoms with Crippen molar-refractivity contribution in [3.05, 3.63) is 24.3 Å². The van der Waals surface area contributed by atoms with E-state index in [4.69, 9.17) is 8.94 Å². The van der Waals surface area contributed by atoms with Gasteiger partial charge in [-0.05, 0) is 44.4 Å².